The summed E-state index contributed by atoms with van der Waals surface area (Å²) in [6.45, 7) is 0. The SMILES string of the molecule is NC(=O)c1ccc(-c2cn(-c3ccc(C(N)=O)cc3)nn2)cc1. The molecule has 0 saturated heterocycles. The number of rotatable bonds is 4. The fourth-order valence-corrected chi connectivity index (χ4v) is 2.11. The fourth-order valence-electron chi connectivity index (χ4n) is 2.11. The van der Waals surface area contributed by atoms with Crippen LogP contribution in [0.4, 0.5) is 0 Å². The van der Waals surface area contributed by atoms with Crippen LogP contribution in [0, 0.1) is 0 Å². The molecule has 2 aromatic carbocycles. The van der Waals surface area contributed by atoms with Gasteiger partial charge in [-0.15, -0.1) is 5.10 Å². The number of nitrogens with zero attached hydrogens (tertiary/aromatic N) is 3. The van der Waals surface area contributed by atoms with E-state index in [4.69, 9.17) is 11.5 Å². The van der Waals surface area contributed by atoms with Gasteiger partial charge in [0.15, 0.2) is 0 Å². The molecule has 0 radical (unpaired) electrons. The summed E-state index contributed by atoms with van der Waals surface area (Å²) >= 11 is 0. The highest BCUT2D eigenvalue weighted by atomic mass is 16.1. The smallest absolute Gasteiger partial charge is 0.248 e. The topological polar surface area (TPSA) is 117 Å². The van der Waals surface area contributed by atoms with Crippen molar-refractivity contribution in [3.05, 3.63) is 65.9 Å². The molecular formula is C16H13N5O2. The molecule has 0 saturated carbocycles. The highest BCUT2D eigenvalue weighted by Gasteiger charge is 2.07. The largest absolute Gasteiger partial charge is 0.366 e. The van der Waals surface area contributed by atoms with Gasteiger partial charge in [0.05, 0.1) is 11.9 Å². The van der Waals surface area contributed by atoms with E-state index in [2.05, 4.69) is 10.3 Å². The van der Waals surface area contributed by atoms with Crippen molar-refractivity contribution in [1.82, 2.24) is 15.0 Å². The summed E-state index contributed by atoms with van der Waals surface area (Å²) in [5.41, 5.74) is 13.5. The summed E-state index contributed by atoms with van der Waals surface area (Å²) in [7, 11) is 0. The zero-order valence-corrected chi connectivity index (χ0v) is 12.0. The van der Waals surface area contributed by atoms with Crippen molar-refractivity contribution < 1.29 is 9.59 Å². The fraction of sp³-hybridized carbons (Fsp3) is 0. The Labute approximate surface area is 131 Å². The second-order valence-electron chi connectivity index (χ2n) is 4.90. The molecule has 0 aliphatic heterocycles. The molecule has 2 amide bonds. The van der Waals surface area contributed by atoms with Gasteiger partial charge in [-0.2, -0.15) is 0 Å². The van der Waals surface area contributed by atoms with Crippen molar-refractivity contribution in [3.63, 3.8) is 0 Å². The van der Waals surface area contributed by atoms with Crippen LogP contribution >= 0.6 is 0 Å². The Hall–Kier alpha value is -3.48. The highest BCUT2D eigenvalue weighted by molar-refractivity contribution is 5.93. The zero-order valence-electron chi connectivity index (χ0n) is 12.0. The third kappa shape index (κ3) is 2.93. The van der Waals surface area contributed by atoms with Gasteiger partial charge >= 0.3 is 0 Å². The molecule has 3 rings (SSSR count). The Kier molecular flexibility index (Phi) is 3.60. The first-order valence-electron chi connectivity index (χ1n) is 6.77. The molecule has 0 unspecified atom stereocenters. The Balaban J connectivity index is 1.87. The number of primary amides is 2. The second-order valence-corrected chi connectivity index (χ2v) is 4.90. The molecule has 4 N–H and O–H groups in total. The van der Waals surface area contributed by atoms with E-state index >= 15 is 0 Å². The quantitative estimate of drug-likeness (QED) is 0.751. The molecular weight excluding hydrogens is 294 g/mol. The van der Waals surface area contributed by atoms with Crippen molar-refractivity contribution in [2.24, 2.45) is 11.5 Å². The monoisotopic (exact) mass is 307 g/mol. The number of aromatic nitrogens is 3. The van der Waals surface area contributed by atoms with E-state index < -0.39 is 11.8 Å². The summed E-state index contributed by atoms with van der Waals surface area (Å²) in [5.74, 6) is -0.958. The van der Waals surface area contributed by atoms with Crippen molar-refractivity contribution in [3.8, 4) is 16.9 Å². The molecule has 0 aliphatic carbocycles. The molecule has 1 aromatic heterocycles. The van der Waals surface area contributed by atoms with Gasteiger partial charge in [0.25, 0.3) is 0 Å². The van der Waals surface area contributed by atoms with Crippen LogP contribution in [0.1, 0.15) is 20.7 Å². The summed E-state index contributed by atoms with van der Waals surface area (Å²) in [6, 6.07) is 13.5. The first kappa shape index (κ1) is 14.5. The minimum absolute atomic E-state index is 0.427. The van der Waals surface area contributed by atoms with Crippen LogP contribution in [0.15, 0.2) is 54.7 Å². The van der Waals surface area contributed by atoms with Crippen LogP contribution in [0.25, 0.3) is 16.9 Å². The standard InChI is InChI=1S/C16H13N5O2/c17-15(22)11-3-1-10(2-4-11)14-9-21(20-19-14)13-7-5-12(6-8-13)16(18)23/h1-9H,(H2,17,22)(H2,18,23). The number of carbonyl (C=O) groups excluding carboxylic acids is 2. The average Bonchev–Trinajstić information content (AvgIpc) is 3.05. The van der Waals surface area contributed by atoms with Crippen LogP contribution in [0.3, 0.4) is 0 Å². The first-order chi connectivity index (χ1) is 11.0. The Bertz CT molecular complexity index is 794. The number of nitrogens with two attached hydrogens (primary N) is 2. The molecule has 23 heavy (non-hydrogen) atoms. The third-order valence-electron chi connectivity index (χ3n) is 3.37. The van der Waals surface area contributed by atoms with Gasteiger partial charge in [-0.05, 0) is 36.4 Å². The maximum atomic E-state index is 11.1. The van der Waals surface area contributed by atoms with Gasteiger partial charge in [0, 0.05) is 16.7 Å². The van der Waals surface area contributed by atoms with Gasteiger partial charge < -0.3 is 11.5 Å². The van der Waals surface area contributed by atoms with E-state index in [1.807, 2.05) is 0 Å². The van der Waals surface area contributed by atoms with Crippen molar-refractivity contribution in [2.45, 2.75) is 0 Å². The molecule has 0 spiro atoms. The molecule has 1 heterocycles. The van der Waals surface area contributed by atoms with E-state index in [9.17, 15) is 9.59 Å². The first-order valence-corrected chi connectivity index (χ1v) is 6.77. The number of hydrogen-bond donors (Lipinski definition) is 2. The third-order valence-corrected chi connectivity index (χ3v) is 3.37. The Morgan fingerprint density at radius 1 is 0.826 bits per heavy atom. The van der Waals surface area contributed by atoms with Crippen LogP contribution in [-0.2, 0) is 0 Å². The number of benzene rings is 2. The van der Waals surface area contributed by atoms with Gasteiger partial charge in [0.2, 0.25) is 11.8 Å². The summed E-state index contributed by atoms with van der Waals surface area (Å²) in [6.07, 6.45) is 1.75. The molecule has 0 fully saturated rings. The molecule has 0 bridgehead atoms. The number of carbonyl (C=O) groups is 2. The van der Waals surface area contributed by atoms with Crippen LogP contribution < -0.4 is 11.5 Å². The van der Waals surface area contributed by atoms with E-state index in [0.29, 0.717) is 16.8 Å². The predicted octanol–water partition coefficient (Wildman–Crippen LogP) is 1.13. The van der Waals surface area contributed by atoms with Crippen LogP contribution in [0.5, 0.6) is 0 Å². The lowest BCUT2D eigenvalue weighted by atomic mass is 10.1. The summed E-state index contributed by atoms with van der Waals surface area (Å²) in [4.78, 5) is 22.1. The van der Waals surface area contributed by atoms with Gasteiger partial charge in [-0.3, -0.25) is 9.59 Å². The zero-order chi connectivity index (χ0) is 16.4. The molecule has 114 valence electrons. The van der Waals surface area contributed by atoms with E-state index in [1.165, 1.54) is 0 Å². The molecule has 7 nitrogen and oxygen atoms in total. The second kappa shape index (κ2) is 5.72. The molecule has 7 heteroatoms. The maximum absolute atomic E-state index is 11.1. The number of hydrogen-bond acceptors (Lipinski definition) is 4. The summed E-state index contributed by atoms with van der Waals surface area (Å²) < 4.78 is 1.59. The molecule has 0 atom stereocenters. The minimum atomic E-state index is -0.481. The lowest BCUT2D eigenvalue weighted by Crippen LogP contribution is -2.10. The predicted molar refractivity (Wildman–Crippen MR) is 83.8 cm³/mol. The van der Waals surface area contributed by atoms with Crippen molar-refractivity contribution >= 4 is 11.8 Å². The minimum Gasteiger partial charge on any atom is -0.366 e. The lowest BCUT2D eigenvalue weighted by Gasteiger charge is -2.01. The van der Waals surface area contributed by atoms with E-state index in [0.717, 1.165) is 11.3 Å². The van der Waals surface area contributed by atoms with E-state index in [-0.39, 0.29) is 0 Å². The van der Waals surface area contributed by atoms with Crippen LogP contribution in [-0.4, -0.2) is 26.8 Å². The van der Waals surface area contributed by atoms with E-state index in [1.54, 1.807) is 59.4 Å². The Morgan fingerprint density at radius 3 is 1.87 bits per heavy atom. The highest BCUT2D eigenvalue weighted by Crippen LogP contribution is 2.18. The number of amides is 2. The molecule has 0 aliphatic rings. The van der Waals surface area contributed by atoms with Gasteiger partial charge in [0.1, 0.15) is 5.69 Å². The Morgan fingerprint density at radius 2 is 1.35 bits per heavy atom. The summed E-state index contributed by atoms with van der Waals surface area (Å²) in [5, 5.41) is 8.15. The average molecular weight is 307 g/mol. The lowest BCUT2D eigenvalue weighted by molar-refractivity contribution is 0.0992. The van der Waals surface area contributed by atoms with Crippen molar-refractivity contribution in [2.75, 3.05) is 0 Å². The van der Waals surface area contributed by atoms with Gasteiger partial charge in [-0.25, -0.2) is 4.68 Å². The maximum Gasteiger partial charge on any atom is 0.248 e. The van der Waals surface area contributed by atoms with Gasteiger partial charge in [-0.1, -0.05) is 17.3 Å². The van der Waals surface area contributed by atoms with Crippen LogP contribution in [0.2, 0.25) is 0 Å². The normalized spacial score (nSPS) is 10.4. The van der Waals surface area contributed by atoms with Crippen molar-refractivity contribution in [1.29, 1.82) is 0 Å². The molecule has 3 aromatic rings.